The predicted molar refractivity (Wildman–Crippen MR) is 64.9 cm³/mol. The molecule has 1 aromatic carbocycles. The molecular weight excluding hydrogens is 234 g/mol. The molecule has 0 radical (unpaired) electrons. The van der Waals surface area contributed by atoms with Gasteiger partial charge in [0.05, 0.1) is 6.61 Å². The molecule has 1 fully saturated rings. The first-order chi connectivity index (χ1) is 8.79. The van der Waals surface area contributed by atoms with E-state index < -0.39 is 6.10 Å². The topological polar surface area (TPSA) is 64.6 Å². The number of nitrogens with one attached hydrogen (secondary N) is 1. The Hall–Kier alpha value is -1.72. The molecule has 5 nitrogen and oxygen atoms in total. The standard InChI is InChI=1S/C13H15NO4/c15-8-10-1-3-11(4-2-10)18-9-12(16)13-7-14-5-6-17-13/h1-4,8,13-14H,5-7,9H2. The van der Waals surface area contributed by atoms with Crippen LogP contribution in [-0.4, -0.2) is 44.5 Å². The molecule has 1 atom stereocenters. The molecule has 96 valence electrons. The van der Waals surface area contributed by atoms with Crippen molar-refractivity contribution in [3.8, 4) is 5.75 Å². The van der Waals surface area contributed by atoms with E-state index >= 15 is 0 Å². The molecule has 18 heavy (non-hydrogen) atoms. The summed E-state index contributed by atoms with van der Waals surface area (Å²) in [6.07, 6.45) is 0.337. The fourth-order valence-electron chi connectivity index (χ4n) is 1.66. The predicted octanol–water partition coefficient (Wildman–Crippen LogP) is 0.435. The number of ketones is 1. The lowest BCUT2D eigenvalue weighted by Crippen LogP contribution is -2.44. The lowest BCUT2D eigenvalue weighted by Gasteiger charge is -2.22. The van der Waals surface area contributed by atoms with E-state index in [0.29, 0.717) is 24.5 Å². The van der Waals surface area contributed by atoms with Crippen LogP contribution in [0.2, 0.25) is 0 Å². The molecule has 5 heteroatoms. The van der Waals surface area contributed by atoms with Crippen molar-refractivity contribution in [1.82, 2.24) is 5.32 Å². The third-order valence-corrected chi connectivity index (χ3v) is 2.68. The lowest BCUT2D eigenvalue weighted by molar-refractivity contribution is -0.134. The number of aldehydes is 1. The molecule has 0 bridgehead atoms. The zero-order valence-electron chi connectivity index (χ0n) is 9.93. The van der Waals surface area contributed by atoms with Gasteiger partial charge in [-0.2, -0.15) is 0 Å². The zero-order valence-corrected chi connectivity index (χ0v) is 9.93. The van der Waals surface area contributed by atoms with Crippen LogP contribution in [0.3, 0.4) is 0 Å². The number of carbonyl (C=O) groups is 2. The van der Waals surface area contributed by atoms with Gasteiger partial charge in [-0.25, -0.2) is 0 Å². The third-order valence-electron chi connectivity index (χ3n) is 2.68. The van der Waals surface area contributed by atoms with E-state index in [-0.39, 0.29) is 12.4 Å². The van der Waals surface area contributed by atoms with Crippen LogP contribution in [0.5, 0.6) is 5.75 Å². The number of rotatable bonds is 5. The molecule has 0 spiro atoms. The maximum atomic E-state index is 11.7. The molecule has 2 rings (SSSR count). The van der Waals surface area contributed by atoms with Crippen molar-refractivity contribution in [3.63, 3.8) is 0 Å². The molecule has 1 N–H and O–H groups in total. The second kappa shape index (κ2) is 6.28. The average Bonchev–Trinajstić information content (AvgIpc) is 2.46. The van der Waals surface area contributed by atoms with Crippen molar-refractivity contribution in [2.45, 2.75) is 6.10 Å². The Balaban J connectivity index is 1.82. The van der Waals surface area contributed by atoms with Gasteiger partial charge >= 0.3 is 0 Å². The van der Waals surface area contributed by atoms with Crippen molar-refractivity contribution in [1.29, 1.82) is 0 Å². The molecule has 1 aliphatic rings. The fourth-order valence-corrected chi connectivity index (χ4v) is 1.66. The zero-order chi connectivity index (χ0) is 12.8. The van der Waals surface area contributed by atoms with Crippen molar-refractivity contribution >= 4 is 12.1 Å². The minimum absolute atomic E-state index is 0.0210. The molecule has 1 unspecified atom stereocenters. The number of hydrogen-bond donors (Lipinski definition) is 1. The van der Waals surface area contributed by atoms with Crippen LogP contribution in [0.4, 0.5) is 0 Å². The summed E-state index contributed by atoms with van der Waals surface area (Å²) in [6, 6.07) is 6.62. The quantitative estimate of drug-likeness (QED) is 0.767. The number of hydrogen-bond acceptors (Lipinski definition) is 5. The van der Waals surface area contributed by atoms with E-state index in [0.717, 1.165) is 12.8 Å². The number of ether oxygens (including phenoxy) is 2. The van der Waals surface area contributed by atoms with Gasteiger partial charge in [-0.1, -0.05) is 0 Å². The van der Waals surface area contributed by atoms with Gasteiger partial charge in [0.25, 0.3) is 0 Å². The first kappa shape index (κ1) is 12.7. The van der Waals surface area contributed by atoms with E-state index in [9.17, 15) is 9.59 Å². The van der Waals surface area contributed by atoms with E-state index in [2.05, 4.69) is 5.32 Å². The highest BCUT2D eigenvalue weighted by molar-refractivity contribution is 5.85. The van der Waals surface area contributed by atoms with E-state index in [1.165, 1.54) is 0 Å². The lowest BCUT2D eigenvalue weighted by atomic mass is 10.2. The number of Topliss-reactive ketones (excluding diaryl/α,β-unsaturated/α-hetero) is 1. The molecule has 1 aliphatic heterocycles. The Morgan fingerprint density at radius 3 is 2.83 bits per heavy atom. The van der Waals surface area contributed by atoms with Crippen LogP contribution >= 0.6 is 0 Å². The summed E-state index contributed by atoms with van der Waals surface area (Å²) in [7, 11) is 0. The van der Waals surface area contributed by atoms with E-state index in [1.807, 2.05) is 0 Å². The Kier molecular flexibility index (Phi) is 4.44. The molecule has 0 aromatic heterocycles. The summed E-state index contributed by atoms with van der Waals surface area (Å²) in [5.41, 5.74) is 0.577. The first-order valence-corrected chi connectivity index (χ1v) is 5.82. The molecule has 0 aliphatic carbocycles. The highest BCUT2D eigenvalue weighted by Crippen LogP contribution is 2.11. The highest BCUT2D eigenvalue weighted by Gasteiger charge is 2.21. The summed E-state index contributed by atoms with van der Waals surface area (Å²) in [6.45, 7) is 1.83. The minimum atomic E-state index is -0.423. The Labute approximate surface area is 105 Å². The molecule has 1 aromatic rings. The summed E-state index contributed by atoms with van der Waals surface area (Å²) >= 11 is 0. The van der Waals surface area contributed by atoms with Crippen LogP contribution < -0.4 is 10.1 Å². The SMILES string of the molecule is O=Cc1ccc(OCC(=O)C2CNCCO2)cc1. The van der Waals surface area contributed by atoms with E-state index in [1.54, 1.807) is 24.3 Å². The van der Waals surface area contributed by atoms with Crippen molar-refractivity contribution in [3.05, 3.63) is 29.8 Å². The smallest absolute Gasteiger partial charge is 0.200 e. The Bertz CT molecular complexity index is 410. The monoisotopic (exact) mass is 249 g/mol. The van der Waals surface area contributed by atoms with Gasteiger partial charge in [-0.15, -0.1) is 0 Å². The van der Waals surface area contributed by atoms with Gasteiger partial charge in [0.15, 0.2) is 5.78 Å². The van der Waals surface area contributed by atoms with Crippen molar-refractivity contribution in [2.75, 3.05) is 26.3 Å². The first-order valence-electron chi connectivity index (χ1n) is 5.82. The number of morpholine rings is 1. The molecular formula is C13H15NO4. The summed E-state index contributed by atoms with van der Waals surface area (Å²) in [5, 5.41) is 3.09. The highest BCUT2D eigenvalue weighted by atomic mass is 16.5. The van der Waals surface area contributed by atoms with Gasteiger partial charge in [-0.05, 0) is 24.3 Å². The summed E-state index contributed by atoms with van der Waals surface area (Å²) in [5.74, 6) is 0.486. The van der Waals surface area contributed by atoms with Gasteiger partial charge in [0.2, 0.25) is 0 Å². The minimum Gasteiger partial charge on any atom is -0.486 e. The molecule has 1 saturated heterocycles. The second-order valence-corrected chi connectivity index (χ2v) is 4.01. The maximum absolute atomic E-state index is 11.7. The molecule has 1 heterocycles. The van der Waals surface area contributed by atoms with Gasteiger partial charge < -0.3 is 14.8 Å². The Morgan fingerprint density at radius 1 is 1.44 bits per heavy atom. The van der Waals surface area contributed by atoms with Crippen LogP contribution in [0.1, 0.15) is 10.4 Å². The Morgan fingerprint density at radius 2 is 2.22 bits per heavy atom. The summed E-state index contributed by atoms with van der Waals surface area (Å²) in [4.78, 5) is 22.2. The molecule has 0 amide bonds. The number of carbonyl (C=O) groups excluding carboxylic acids is 2. The number of benzene rings is 1. The van der Waals surface area contributed by atoms with Crippen LogP contribution in [-0.2, 0) is 9.53 Å². The normalized spacial score (nSPS) is 19.2. The second-order valence-electron chi connectivity index (χ2n) is 4.01. The fraction of sp³-hybridized carbons (Fsp3) is 0.385. The summed E-state index contributed by atoms with van der Waals surface area (Å²) < 4.78 is 10.7. The van der Waals surface area contributed by atoms with Crippen LogP contribution in [0, 0.1) is 0 Å². The van der Waals surface area contributed by atoms with Gasteiger partial charge in [-0.3, -0.25) is 9.59 Å². The third kappa shape index (κ3) is 3.38. The average molecular weight is 249 g/mol. The van der Waals surface area contributed by atoms with Gasteiger partial charge in [0, 0.05) is 18.7 Å². The largest absolute Gasteiger partial charge is 0.486 e. The maximum Gasteiger partial charge on any atom is 0.200 e. The van der Waals surface area contributed by atoms with E-state index in [4.69, 9.17) is 9.47 Å². The van der Waals surface area contributed by atoms with Crippen molar-refractivity contribution < 1.29 is 19.1 Å². The van der Waals surface area contributed by atoms with Crippen LogP contribution in [0.15, 0.2) is 24.3 Å². The van der Waals surface area contributed by atoms with Gasteiger partial charge in [0.1, 0.15) is 24.7 Å². The molecule has 0 saturated carbocycles. The van der Waals surface area contributed by atoms with Crippen molar-refractivity contribution in [2.24, 2.45) is 0 Å². The van der Waals surface area contributed by atoms with Crippen LogP contribution in [0.25, 0.3) is 0 Å².